The molecule has 2 aromatic heterocycles. The summed E-state index contributed by atoms with van der Waals surface area (Å²) in [5, 5.41) is 13.0. The van der Waals surface area contributed by atoms with Gasteiger partial charge in [-0.15, -0.1) is 21.5 Å². The fraction of sp³-hybridized carbons (Fsp3) is 0.333. The third-order valence-corrected chi connectivity index (χ3v) is 7.96. The van der Waals surface area contributed by atoms with Crippen molar-refractivity contribution in [1.82, 2.24) is 25.0 Å². The zero-order chi connectivity index (χ0) is 30.6. The average molecular weight is 619 g/mol. The number of thiazole rings is 1. The van der Waals surface area contributed by atoms with Crippen molar-refractivity contribution in [3.63, 3.8) is 0 Å². The molecule has 1 unspecified atom stereocenters. The number of aryl methyl sites for hydroxylation is 1. The number of morpholine rings is 1. The average Bonchev–Trinajstić information content (AvgIpc) is 3.74. The predicted octanol–water partition coefficient (Wildman–Crippen LogP) is 3.56. The minimum absolute atomic E-state index is 0.0380. The molecule has 0 spiro atoms. The standard InChI is InChI=1S/C30H30N6O7S/c1-18-33-34-28(41-18)19-3-5-22(6-4-19)42-23-13-20(14-24(15-23)43-25-8-9-35(2)29(25)39)27(38)32-30-31-21(17-44-30)7-10-36-11-12-40-16-26(36)37/h3-6,13-15,17,25H,7-12,16H2,1-2H3,(H,31,32,38). The van der Waals surface area contributed by atoms with Gasteiger partial charge in [-0.25, -0.2) is 4.98 Å². The van der Waals surface area contributed by atoms with Gasteiger partial charge in [-0.2, -0.15) is 0 Å². The Labute approximate surface area is 256 Å². The molecule has 0 aliphatic carbocycles. The van der Waals surface area contributed by atoms with Gasteiger partial charge in [0.05, 0.1) is 12.3 Å². The molecule has 2 aromatic carbocycles. The largest absolute Gasteiger partial charge is 0.480 e. The Morgan fingerprint density at radius 1 is 1.09 bits per heavy atom. The maximum Gasteiger partial charge on any atom is 0.263 e. The molecule has 2 saturated heterocycles. The number of hydrogen-bond acceptors (Lipinski definition) is 11. The number of rotatable bonds is 10. The van der Waals surface area contributed by atoms with Crippen molar-refractivity contribution >= 4 is 34.2 Å². The van der Waals surface area contributed by atoms with Gasteiger partial charge >= 0.3 is 0 Å². The molecule has 14 heteroatoms. The summed E-state index contributed by atoms with van der Waals surface area (Å²) in [6, 6.07) is 11.9. The zero-order valence-electron chi connectivity index (χ0n) is 24.1. The maximum atomic E-state index is 13.4. The first kappa shape index (κ1) is 29.3. The molecule has 3 amide bonds. The van der Waals surface area contributed by atoms with E-state index >= 15 is 0 Å². The molecule has 44 heavy (non-hydrogen) atoms. The third-order valence-electron chi connectivity index (χ3n) is 7.16. The van der Waals surface area contributed by atoms with Crippen LogP contribution in [0.25, 0.3) is 11.5 Å². The van der Waals surface area contributed by atoms with Crippen LogP contribution in [-0.4, -0.2) is 88.7 Å². The van der Waals surface area contributed by atoms with Gasteiger partial charge in [0.25, 0.3) is 11.8 Å². The van der Waals surface area contributed by atoms with Crippen LogP contribution in [-0.2, 0) is 20.7 Å². The normalized spacial score (nSPS) is 16.8. The highest BCUT2D eigenvalue weighted by molar-refractivity contribution is 7.14. The number of anilines is 1. The van der Waals surface area contributed by atoms with Crippen LogP contribution in [0.15, 0.2) is 52.3 Å². The summed E-state index contributed by atoms with van der Waals surface area (Å²) in [4.78, 5) is 45.7. The monoisotopic (exact) mass is 618 g/mol. The molecule has 0 bridgehead atoms. The number of aromatic nitrogens is 3. The Morgan fingerprint density at radius 3 is 2.64 bits per heavy atom. The summed E-state index contributed by atoms with van der Waals surface area (Å²) >= 11 is 1.30. The highest BCUT2D eigenvalue weighted by Gasteiger charge is 2.31. The van der Waals surface area contributed by atoms with Crippen LogP contribution in [0.3, 0.4) is 0 Å². The van der Waals surface area contributed by atoms with Crippen LogP contribution in [0.2, 0.25) is 0 Å². The molecule has 4 aromatic rings. The van der Waals surface area contributed by atoms with Crippen LogP contribution in [0.5, 0.6) is 17.2 Å². The molecule has 0 radical (unpaired) electrons. The first-order valence-corrected chi connectivity index (χ1v) is 14.9. The number of likely N-dealkylation sites (tertiary alicyclic amines) is 1. The van der Waals surface area contributed by atoms with E-state index in [1.165, 1.54) is 11.3 Å². The van der Waals surface area contributed by atoms with Gasteiger partial charge in [-0.1, -0.05) is 0 Å². The van der Waals surface area contributed by atoms with Crippen LogP contribution in [0.4, 0.5) is 5.13 Å². The fourth-order valence-corrected chi connectivity index (χ4v) is 5.53. The fourth-order valence-electron chi connectivity index (χ4n) is 4.79. The Morgan fingerprint density at radius 2 is 1.91 bits per heavy atom. The summed E-state index contributed by atoms with van der Waals surface area (Å²) in [6.07, 6.45) is 0.452. The van der Waals surface area contributed by atoms with E-state index in [2.05, 4.69) is 20.5 Å². The van der Waals surface area contributed by atoms with E-state index in [9.17, 15) is 14.4 Å². The molecular weight excluding hydrogens is 588 g/mol. The Balaban J connectivity index is 1.17. The van der Waals surface area contributed by atoms with Crippen molar-refractivity contribution in [1.29, 1.82) is 0 Å². The smallest absolute Gasteiger partial charge is 0.263 e. The van der Waals surface area contributed by atoms with Crippen molar-refractivity contribution in [2.45, 2.75) is 25.9 Å². The lowest BCUT2D eigenvalue weighted by molar-refractivity contribution is -0.142. The summed E-state index contributed by atoms with van der Waals surface area (Å²) in [7, 11) is 1.73. The van der Waals surface area contributed by atoms with Crippen LogP contribution >= 0.6 is 11.3 Å². The first-order chi connectivity index (χ1) is 21.3. The molecular formula is C30H30N6O7S. The lowest BCUT2D eigenvalue weighted by Crippen LogP contribution is -2.42. The second-order valence-corrected chi connectivity index (χ2v) is 11.2. The maximum absolute atomic E-state index is 13.4. The minimum Gasteiger partial charge on any atom is -0.480 e. The van der Waals surface area contributed by atoms with Gasteiger partial charge in [0.1, 0.15) is 23.9 Å². The molecule has 2 fully saturated rings. The molecule has 4 heterocycles. The minimum atomic E-state index is -0.650. The summed E-state index contributed by atoms with van der Waals surface area (Å²) in [5.41, 5.74) is 1.77. The molecule has 0 saturated carbocycles. The Kier molecular flexibility index (Phi) is 8.52. The van der Waals surface area contributed by atoms with E-state index in [0.717, 1.165) is 11.3 Å². The number of carbonyl (C=O) groups excluding carboxylic acids is 3. The third kappa shape index (κ3) is 6.87. The van der Waals surface area contributed by atoms with Crippen LogP contribution in [0.1, 0.15) is 28.4 Å². The van der Waals surface area contributed by atoms with Gasteiger partial charge in [0, 0.05) is 69.0 Å². The molecule has 2 aliphatic heterocycles. The number of hydrogen-bond donors (Lipinski definition) is 1. The number of ether oxygens (including phenoxy) is 3. The Hall–Kier alpha value is -4.82. The lowest BCUT2D eigenvalue weighted by atomic mass is 10.1. The van der Waals surface area contributed by atoms with E-state index < -0.39 is 12.0 Å². The van der Waals surface area contributed by atoms with Crippen LogP contribution < -0.4 is 14.8 Å². The van der Waals surface area contributed by atoms with Gasteiger partial charge in [0.2, 0.25) is 17.7 Å². The van der Waals surface area contributed by atoms with Gasteiger partial charge < -0.3 is 28.4 Å². The molecule has 1 atom stereocenters. The van der Waals surface area contributed by atoms with Gasteiger partial charge in [-0.05, 0) is 36.4 Å². The number of likely N-dealkylation sites (N-methyl/N-ethyl adjacent to an activating group) is 1. The number of benzene rings is 2. The summed E-state index contributed by atoms with van der Waals surface area (Å²) in [6.45, 7) is 4.02. The lowest BCUT2D eigenvalue weighted by Gasteiger charge is -2.26. The van der Waals surface area contributed by atoms with E-state index in [1.54, 1.807) is 66.2 Å². The highest BCUT2D eigenvalue weighted by atomic mass is 32.1. The predicted molar refractivity (Wildman–Crippen MR) is 159 cm³/mol. The molecule has 228 valence electrons. The van der Waals surface area contributed by atoms with Crippen molar-refractivity contribution in [3.05, 3.63) is 65.0 Å². The molecule has 13 nitrogen and oxygen atoms in total. The van der Waals surface area contributed by atoms with E-state index in [-0.39, 0.29) is 24.0 Å². The molecule has 6 rings (SSSR count). The number of nitrogens with one attached hydrogen (secondary N) is 1. The molecule has 2 aliphatic rings. The topological polar surface area (TPSA) is 149 Å². The van der Waals surface area contributed by atoms with Gasteiger partial charge in [0.15, 0.2) is 11.2 Å². The second kappa shape index (κ2) is 12.8. The first-order valence-electron chi connectivity index (χ1n) is 14.1. The second-order valence-electron chi connectivity index (χ2n) is 10.4. The quantitative estimate of drug-likeness (QED) is 0.280. The highest BCUT2D eigenvalue weighted by Crippen LogP contribution is 2.31. The molecule has 1 N–H and O–H groups in total. The Bertz CT molecular complexity index is 1670. The van der Waals surface area contributed by atoms with Crippen molar-refractivity contribution in [2.75, 3.05) is 45.2 Å². The van der Waals surface area contributed by atoms with Gasteiger partial charge in [-0.3, -0.25) is 19.7 Å². The summed E-state index contributed by atoms with van der Waals surface area (Å²) < 4.78 is 22.8. The number of carbonyl (C=O) groups is 3. The number of nitrogens with zero attached hydrogens (tertiary/aromatic N) is 5. The SMILES string of the molecule is Cc1nnc(-c2ccc(Oc3cc(OC4CCN(C)C4=O)cc(C(=O)Nc4nc(CCN5CCOCC5=O)cs4)c3)cc2)o1. The van der Waals surface area contributed by atoms with Crippen molar-refractivity contribution in [3.8, 4) is 28.7 Å². The van der Waals surface area contributed by atoms with E-state index in [0.29, 0.717) is 73.2 Å². The number of amides is 3. The van der Waals surface area contributed by atoms with Crippen molar-refractivity contribution in [2.24, 2.45) is 0 Å². The van der Waals surface area contributed by atoms with Crippen molar-refractivity contribution < 1.29 is 33.0 Å². The van der Waals surface area contributed by atoms with E-state index in [4.69, 9.17) is 18.6 Å². The summed E-state index contributed by atoms with van der Waals surface area (Å²) in [5.74, 6) is 1.47. The zero-order valence-corrected chi connectivity index (χ0v) is 25.0. The van der Waals surface area contributed by atoms with Crippen LogP contribution in [0, 0.1) is 6.92 Å². The van der Waals surface area contributed by atoms with E-state index in [1.807, 2.05) is 5.38 Å².